The van der Waals surface area contributed by atoms with Crippen LogP contribution in [0, 0.1) is 11.8 Å². The lowest BCUT2D eigenvalue weighted by Crippen LogP contribution is -2.45. The molecule has 1 atom stereocenters. The van der Waals surface area contributed by atoms with Gasteiger partial charge in [-0.2, -0.15) is 18.3 Å². The summed E-state index contributed by atoms with van der Waals surface area (Å²) in [5.74, 6) is 5.38. The van der Waals surface area contributed by atoms with Crippen LogP contribution in [0.3, 0.4) is 0 Å². The van der Waals surface area contributed by atoms with Crippen molar-refractivity contribution in [1.29, 1.82) is 0 Å². The van der Waals surface area contributed by atoms with Gasteiger partial charge in [-0.3, -0.25) is 10.2 Å². The van der Waals surface area contributed by atoms with E-state index in [9.17, 15) is 27.9 Å². The Labute approximate surface area is 277 Å². The number of aromatic nitrogens is 2. The number of halogens is 5. The average Bonchev–Trinajstić information content (AvgIpc) is 3.64. The van der Waals surface area contributed by atoms with E-state index in [-0.39, 0.29) is 10.7 Å². The first-order chi connectivity index (χ1) is 21.9. The van der Waals surface area contributed by atoms with Gasteiger partial charge in [-0.25, -0.2) is 14.5 Å². The summed E-state index contributed by atoms with van der Waals surface area (Å²) in [7, 11) is 0. The predicted molar refractivity (Wildman–Crippen MR) is 171 cm³/mol. The van der Waals surface area contributed by atoms with Gasteiger partial charge >= 0.3 is 12.3 Å². The average molecular weight is 691 g/mol. The number of rotatable bonds is 7. The monoisotopic (exact) mass is 689 g/mol. The molecule has 1 saturated heterocycles. The van der Waals surface area contributed by atoms with Gasteiger partial charge in [0.1, 0.15) is 0 Å². The van der Waals surface area contributed by atoms with E-state index in [1.54, 1.807) is 37.3 Å². The van der Waals surface area contributed by atoms with Gasteiger partial charge in [-0.15, -0.1) is 11.3 Å². The van der Waals surface area contributed by atoms with Crippen molar-refractivity contribution < 1.29 is 27.9 Å². The molecule has 1 aliphatic heterocycles. The minimum Gasteiger partial charge on any atom is -0.465 e. The summed E-state index contributed by atoms with van der Waals surface area (Å²) in [6, 6.07) is 12.1. The summed E-state index contributed by atoms with van der Waals surface area (Å²) >= 11 is 14.1. The van der Waals surface area contributed by atoms with E-state index in [2.05, 4.69) is 22.6 Å². The van der Waals surface area contributed by atoms with Crippen molar-refractivity contribution in [3.05, 3.63) is 91.9 Å². The largest absolute Gasteiger partial charge is 0.465 e. The van der Waals surface area contributed by atoms with Gasteiger partial charge in [0.15, 0.2) is 5.69 Å². The molecule has 2 aromatic heterocycles. The minimum absolute atomic E-state index is 0.0259. The molecule has 1 aliphatic rings. The Kier molecular flexibility index (Phi) is 10.3. The fourth-order valence-corrected chi connectivity index (χ4v) is 6.52. The highest BCUT2D eigenvalue weighted by atomic mass is 35.5. The van der Waals surface area contributed by atoms with Crippen molar-refractivity contribution in [3.8, 4) is 28.1 Å². The molecule has 1 fully saturated rings. The van der Waals surface area contributed by atoms with Gasteiger partial charge in [-0.1, -0.05) is 48.4 Å². The van der Waals surface area contributed by atoms with Crippen molar-refractivity contribution in [3.63, 3.8) is 0 Å². The Hall–Kier alpha value is -4.02. The maximum Gasteiger partial charge on any atom is 0.416 e. The molecule has 0 bridgehead atoms. The number of carbonyl (C=O) groups excluding carboxylic acids is 1. The Morgan fingerprint density at radius 2 is 1.76 bits per heavy atom. The summed E-state index contributed by atoms with van der Waals surface area (Å²) in [4.78, 5) is 26.9. The van der Waals surface area contributed by atoms with Crippen LogP contribution in [0.4, 0.5) is 18.0 Å². The molecule has 14 heteroatoms. The van der Waals surface area contributed by atoms with E-state index in [1.165, 1.54) is 28.2 Å². The molecule has 5 rings (SSSR count). The summed E-state index contributed by atoms with van der Waals surface area (Å²) in [6.45, 7) is 3.14. The van der Waals surface area contributed by atoms with Gasteiger partial charge in [0.2, 0.25) is 0 Å². The number of piperidine rings is 1. The van der Waals surface area contributed by atoms with E-state index in [1.807, 2.05) is 5.01 Å². The van der Waals surface area contributed by atoms with Gasteiger partial charge in [0.25, 0.3) is 5.91 Å². The van der Waals surface area contributed by atoms with Crippen LogP contribution >= 0.6 is 34.5 Å². The second kappa shape index (κ2) is 14.2. The third kappa shape index (κ3) is 7.67. The van der Waals surface area contributed by atoms with E-state index >= 15 is 0 Å². The summed E-state index contributed by atoms with van der Waals surface area (Å²) in [6.07, 6.45) is -2.50. The van der Waals surface area contributed by atoms with E-state index in [0.29, 0.717) is 56.8 Å². The van der Waals surface area contributed by atoms with Crippen LogP contribution in [0.5, 0.6) is 0 Å². The fourth-order valence-electron chi connectivity index (χ4n) is 5.13. The lowest BCUT2D eigenvalue weighted by atomic mass is 10.00. The normalized spacial score (nSPS) is 14.3. The number of carbonyl (C=O) groups is 2. The van der Waals surface area contributed by atoms with Gasteiger partial charge in [-0.05, 0) is 73.9 Å². The number of alkyl halides is 3. The maximum atomic E-state index is 13.8. The van der Waals surface area contributed by atoms with Crippen LogP contribution in [0.2, 0.25) is 10.0 Å². The van der Waals surface area contributed by atoms with Crippen LogP contribution in [-0.4, -0.2) is 45.0 Å². The number of amides is 2. The van der Waals surface area contributed by atoms with Crippen LogP contribution in [0.1, 0.15) is 70.7 Å². The molecule has 2 aromatic carbocycles. The highest BCUT2D eigenvalue weighted by Gasteiger charge is 2.33. The van der Waals surface area contributed by atoms with Crippen molar-refractivity contribution >= 4 is 46.5 Å². The first-order valence-corrected chi connectivity index (χ1v) is 15.9. The molecule has 0 radical (unpaired) electrons. The number of nitrogens with one attached hydrogen (secondary N) is 2. The molecular weight excluding hydrogens is 662 g/mol. The number of thiophene rings is 1. The third-order valence-electron chi connectivity index (χ3n) is 7.33. The summed E-state index contributed by atoms with van der Waals surface area (Å²) < 4.78 is 40.4. The predicted octanol–water partition coefficient (Wildman–Crippen LogP) is 8.18. The maximum absolute atomic E-state index is 13.8. The van der Waals surface area contributed by atoms with Crippen LogP contribution in [-0.2, 0) is 6.18 Å². The van der Waals surface area contributed by atoms with Crippen molar-refractivity contribution in [2.24, 2.45) is 0 Å². The molecule has 3 heterocycles. The molecule has 1 unspecified atom stereocenters. The molecular formula is C32H28Cl2F3N5O3S. The molecule has 0 spiro atoms. The summed E-state index contributed by atoms with van der Waals surface area (Å²) in [5, 5.41) is 19.4. The zero-order valence-electron chi connectivity index (χ0n) is 24.4. The smallest absolute Gasteiger partial charge is 0.416 e. The Balaban J connectivity index is 1.64. The van der Waals surface area contributed by atoms with Gasteiger partial charge in [0.05, 0.1) is 37.8 Å². The first-order valence-electron chi connectivity index (χ1n) is 14.4. The second-order valence-corrected chi connectivity index (χ2v) is 12.4. The number of nitrogens with zero attached hydrogens (tertiary/aromatic N) is 3. The number of hydrogen-bond donors (Lipinski definition) is 3. The Bertz CT molecular complexity index is 1810. The molecule has 0 saturated carbocycles. The third-order valence-corrected chi connectivity index (χ3v) is 8.87. The highest BCUT2D eigenvalue weighted by molar-refractivity contribution is 7.16. The molecule has 3 N–H and O–H groups in total. The quantitative estimate of drug-likeness (QED) is 0.170. The second-order valence-electron chi connectivity index (χ2n) is 10.5. The first kappa shape index (κ1) is 33.3. The van der Waals surface area contributed by atoms with Crippen molar-refractivity contribution in [1.82, 2.24) is 25.5 Å². The van der Waals surface area contributed by atoms with Crippen LogP contribution in [0.25, 0.3) is 16.3 Å². The topological polar surface area (TPSA) is 99.5 Å². The molecule has 2 amide bonds. The molecule has 0 aliphatic carbocycles. The van der Waals surface area contributed by atoms with Crippen molar-refractivity contribution in [2.75, 3.05) is 13.1 Å². The zero-order valence-corrected chi connectivity index (χ0v) is 26.7. The van der Waals surface area contributed by atoms with E-state index in [4.69, 9.17) is 28.3 Å². The van der Waals surface area contributed by atoms with Gasteiger partial charge in [0, 0.05) is 29.2 Å². The Morgan fingerprint density at radius 3 is 2.39 bits per heavy atom. The molecule has 8 nitrogen and oxygen atoms in total. The standard InChI is InChI=1S/C32H28Cl2F3N5O3S/c1-2-24(38-31(44)45)27-28(30(43)40-41-16-4-3-5-17-41)39-42(25-14-11-21(33)18-23(25)34)29(27)26-15-13-22(46-26)12-8-19-6-9-20(10-7-19)32(35,36)37/h6-7,9-11,13-15,18,24,38H,2-5,16-17H2,1H3,(H,40,43)(H,44,45). The van der Waals surface area contributed by atoms with Crippen LogP contribution < -0.4 is 10.7 Å². The van der Waals surface area contributed by atoms with E-state index < -0.39 is 29.8 Å². The molecule has 4 aromatic rings. The summed E-state index contributed by atoms with van der Waals surface area (Å²) in [5.41, 5.74) is 3.79. The molecule has 240 valence electrons. The molecule has 46 heavy (non-hydrogen) atoms. The Morgan fingerprint density at radius 1 is 1.04 bits per heavy atom. The van der Waals surface area contributed by atoms with E-state index in [0.717, 1.165) is 31.4 Å². The number of carboxylic acid groups (broad SMARTS) is 1. The highest BCUT2D eigenvalue weighted by Crippen LogP contribution is 2.40. The minimum atomic E-state index is -4.45. The SMILES string of the molecule is CCC(NC(=O)O)c1c(C(=O)NN2CCCCC2)nn(-c2ccc(Cl)cc2Cl)c1-c1ccc(C#Cc2ccc(C(F)(F)F)cc2)s1. The van der Waals surface area contributed by atoms with Gasteiger partial charge < -0.3 is 10.4 Å². The zero-order chi connectivity index (χ0) is 33.0. The number of hydrazine groups is 1. The fraction of sp³-hybridized carbons (Fsp3) is 0.281. The van der Waals surface area contributed by atoms with Crippen LogP contribution in [0.15, 0.2) is 54.6 Å². The number of hydrogen-bond acceptors (Lipinski definition) is 5. The lowest BCUT2D eigenvalue weighted by Gasteiger charge is -2.26. The lowest BCUT2D eigenvalue weighted by molar-refractivity contribution is -0.137. The number of benzene rings is 2. The van der Waals surface area contributed by atoms with Crippen molar-refractivity contribution in [2.45, 2.75) is 44.8 Å².